The van der Waals surface area contributed by atoms with Crippen LogP contribution >= 0.6 is 0 Å². The minimum Gasteiger partial charge on any atom is -0.462 e. The maximum atomic E-state index is 11.6. The van der Waals surface area contributed by atoms with E-state index in [0.29, 0.717) is 24.3 Å². The third-order valence-electron chi connectivity index (χ3n) is 3.89. The van der Waals surface area contributed by atoms with Crippen molar-refractivity contribution in [3.05, 3.63) is 60.2 Å². The molecule has 0 saturated carbocycles. The van der Waals surface area contributed by atoms with Gasteiger partial charge >= 0.3 is 11.9 Å². The Kier molecular flexibility index (Phi) is 7.74. The van der Waals surface area contributed by atoms with Gasteiger partial charge in [-0.25, -0.2) is 18.7 Å². The second kappa shape index (κ2) is 10.3. The van der Waals surface area contributed by atoms with E-state index < -0.39 is 0 Å². The average molecular weight is 358 g/mol. The first-order chi connectivity index (χ1) is 12.6. The van der Waals surface area contributed by atoms with Gasteiger partial charge in [-0.05, 0) is 13.8 Å². The van der Waals surface area contributed by atoms with Crippen molar-refractivity contribution < 1.29 is 28.2 Å². The number of aryl methyl sites for hydroxylation is 2. The van der Waals surface area contributed by atoms with Crippen LogP contribution in [0.1, 0.15) is 47.4 Å². The van der Waals surface area contributed by atoms with Gasteiger partial charge in [0.25, 0.3) is 0 Å². The fourth-order valence-electron chi connectivity index (χ4n) is 2.50. The molecule has 0 amide bonds. The highest BCUT2D eigenvalue weighted by Crippen LogP contribution is 2.00. The number of hydrogen-bond donors (Lipinski definition) is 0. The summed E-state index contributed by atoms with van der Waals surface area (Å²) in [4.78, 5) is 23.2. The molecule has 0 spiro atoms. The molecule has 2 aromatic rings. The molecule has 2 aromatic heterocycles. The smallest absolute Gasteiger partial charge is 0.338 e. The lowest BCUT2D eigenvalue weighted by Crippen LogP contribution is -2.35. The fourth-order valence-corrected chi connectivity index (χ4v) is 2.50. The molecule has 0 N–H and O–H groups in total. The SMILES string of the molecule is CCOC(=O)c1cc[n+](CCCC[n+]2ccc(C(=O)OCC)cc2)cc1. The number of hydrogen-bond acceptors (Lipinski definition) is 4. The number of unbranched alkanes of at least 4 members (excludes halogenated alkanes) is 1. The predicted octanol–water partition coefficient (Wildman–Crippen LogP) is 2.10. The van der Waals surface area contributed by atoms with Crippen LogP contribution in [0.25, 0.3) is 0 Å². The van der Waals surface area contributed by atoms with Crippen molar-refractivity contribution in [3.8, 4) is 0 Å². The summed E-state index contributed by atoms with van der Waals surface area (Å²) in [6, 6.07) is 7.11. The number of nitrogens with zero attached hydrogens (tertiary/aromatic N) is 2. The van der Waals surface area contributed by atoms with Crippen LogP contribution in [0.3, 0.4) is 0 Å². The molecule has 0 saturated heterocycles. The summed E-state index contributed by atoms with van der Waals surface area (Å²) in [6.07, 6.45) is 9.61. The Labute approximate surface area is 154 Å². The minimum atomic E-state index is -0.290. The molecule has 2 rings (SSSR count). The van der Waals surface area contributed by atoms with Gasteiger partial charge in [0.05, 0.1) is 24.3 Å². The molecular weight excluding hydrogens is 332 g/mol. The van der Waals surface area contributed by atoms with Gasteiger partial charge in [0.1, 0.15) is 13.1 Å². The first-order valence-electron chi connectivity index (χ1n) is 8.96. The van der Waals surface area contributed by atoms with Crippen molar-refractivity contribution in [2.75, 3.05) is 13.2 Å². The third-order valence-corrected chi connectivity index (χ3v) is 3.89. The van der Waals surface area contributed by atoms with Crippen LogP contribution in [-0.4, -0.2) is 25.2 Å². The highest BCUT2D eigenvalue weighted by Gasteiger charge is 2.10. The van der Waals surface area contributed by atoms with Gasteiger partial charge < -0.3 is 9.47 Å². The maximum Gasteiger partial charge on any atom is 0.338 e. The van der Waals surface area contributed by atoms with Crippen molar-refractivity contribution in [2.24, 2.45) is 0 Å². The summed E-state index contributed by atoms with van der Waals surface area (Å²) in [5.74, 6) is -0.579. The number of carbonyl (C=O) groups excluding carboxylic acids is 2. The molecule has 0 aliphatic rings. The maximum absolute atomic E-state index is 11.6. The average Bonchev–Trinajstić information content (AvgIpc) is 2.66. The van der Waals surface area contributed by atoms with E-state index in [-0.39, 0.29) is 11.9 Å². The van der Waals surface area contributed by atoms with Gasteiger partial charge in [0.15, 0.2) is 24.8 Å². The van der Waals surface area contributed by atoms with Crippen LogP contribution in [0.5, 0.6) is 0 Å². The Hall–Kier alpha value is -2.76. The zero-order valence-corrected chi connectivity index (χ0v) is 15.4. The summed E-state index contributed by atoms with van der Waals surface area (Å²) >= 11 is 0. The van der Waals surface area contributed by atoms with Gasteiger partial charge in [-0.3, -0.25) is 0 Å². The second-order valence-electron chi connectivity index (χ2n) is 5.80. The highest BCUT2D eigenvalue weighted by atomic mass is 16.5. The molecule has 0 aliphatic carbocycles. The van der Waals surface area contributed by atoms with Gasteiger partial charge in [-0.2, -0.15) is 0 Å². The van der Waals surface area contributed by atoms with E-state index in [1.807, 2.05) is 24.8 Å². The standard InChI is InChI=1S/C20H26N2O4/c1-3-25-19(23)17-7-13-21(14-8-17)11-5-6-12-22-15-9-18(10-16-22)20(24)26-4-2/h7-10,13-16H,3-6,11-12H2,1-2H3/q+2. The zero-order chi connectivity index (χ0) is 18.8. The lowest BCUT2D eigenvalue weighted by molar-refractivity contribution is -0.708. The van der Waals surface area contributed by atoms with E-state index in [2.05, 4.69) is 9.13 Å². The van der Waals surface area contributed by atoms with Crippen LogP contribution in [0, 0.1) is 0 Å². The van der Waals surface area contributed by atoms with E-state index in [0.717, 1.165) is 25.9 Å². The van der Waals surface area contributed by atoms with Gasteiger partial charge in [0.2, 0.25) is 0 Å². The fraction of sp³-hybridized carbons (Fsp3) is 0.400. The van der Waals surface area contributed by atoms with E-state index in [4.69, 9.17) is 9.47 Å². The van der Waals surface area contributed by atoms with E-state index in [1.54, 1.807) is 38.1 Å². The number of ether oxygens (including phenoxy) is 2. The molecule has 0 bridgehead atoms. The number of aromatic nitrogens is 2. The Morgan fingerprint density at radius 3 is 1.38 bits per heavy atom. The Bertz CT molecular complexity index is 648. The summed E-state index contributed by atoms with van der Waals surface area (Å²) < 4.78 is 14.0. The molecule has 0 atom stereocenters. The minimum absolute atomic E-state index is 0.290. The predicted molar refractivity (Wildman–Crippen MR) is 94.4 cm³/mol. The van der Waals surface area contributed by atoms with Crippen LogP contribution in [-0.2, 0) is 22.6 Å². The molecule has 0 fully saturated rings. The molecule has 2 heterocycles. The lowest BCUT2D eigenvalue weighted by Gasteiger charge is -2.02. The van der Waals surface area contributed by atoms with E-state index in [1.165, 1.54) is 0 Å². The van der Waals surface area contributed by atoms with Crippen molar-refractivity contribution in [1.82, 2.24) is 0 Å². The largest absolute Gasteiger partial charge is 0.462 e. The summed E-state index contributed by atoms with van der Waals surface area (Å²) in [5.41, 5.74) is 1.14. The molecule has 0 unspecified atom stereocenters. The first-order valence-corrected chi connectivity index (χ1v) is 8.96. The second-order valence-corrected chi connectivity index (χ2v) is 5.80. The third kappa shape index (κ3) is 5.95. The van der Waals surface area contributed by atoms with Crippen molar-refractivity contribution in [3.63, 3.8) is 0 Å². The van der Waals surface area contributed by atoms with Crippen LogP contribution in [0.4, 0.5) is 0 Å². The molecule has 26 heavy (non-hydrogen) atoms. The lowest BCUT2D eigenvalue weighted by atomic mass is 10.2. The first kappa shape index (κ1) is 19.6. The van der Waals surface area contributed by atoms with Crippen molar-refractivity contribution in [1.29, 1.82) is 0 Å². The Morgan fingerprint density at radius 1 is 0.731 bits per heavy atom. The van der Waals surface area contributed by atoms with E-state index in [9.17, 15) is 9.59 Å². The number of rotatable bonds is 9. The molecule has 6 nitrogen and oxygen atoms in total. The zero-order valence-electron chi connectivity index (χ0n) is 15.4. The normalized spacial score (nSPS) is 10.4. The Morgan fingerprint density at radius 2 is 1.08 bits per heavy atom. The van der Waals surface area contributed by atoms with Crippen LogP contribution in [0.15, 0.2) is 49.1 Å². The monoisotopic (exact) mass is 358 g/mol. The van der Waals surface area contributed by atoms with Gasteiger partial charge in [0, 0.05) is 37.1 Å². The van der Waals surface area contributed by atoms with Crippen LogP contribution in [0.2, 0.25) is 0 Å². The molecular formula is C20H26N2O4+2. The van der Waals surface area contributed by atoms with E-state index >= 15 is 0 Å². The topological polar surface area (TPSA) is 60.4 Å². The number of pyridine rings is 2. The molecule has 0 radical (unpaired) electrons. The highest BCUT2D eigenvalue weighted by molar-refractivity contribution is 5.89. The summed E-state index contributed by atoms with van der Waals surface area (Å²) in [6.45, 7) is 6.11. The summed E-state index contributed by atoms with van der Waals surface area (Å²) in [7, 11) is 0. The van der Waals surface area contributed by atoms with Gasteiger partial charge in [-0.15, -0.1) is 0 Å². The van der Waals surface area contributed by atoms with Gasteiger partial charge in [-0.1, -0.05) is 0 Å². The Balaban J connectivity index is 1.74. The molecule has 0 aliphatic heterocycles. The quantitative estimate of drug-likeness (QED) is 0.391. The molecule has 138 valence electrons. The molecule has 6 heteroatoms. The number of carbonyl (C=O) groups is 2. The van der Waals surface area contributed by atoms with Crippen LogP contribution < -0.4 is 9.13 Å². The van der Waals surface area contributed by atoms with Crippen molar-refractivity contribution >= 4 is 11.9 Å². The number of esters is 2. The summed E-state index contributed by atoms with van der Waals surface area (Å²) in [5, 5.41) is 0. The van der Waals surface area contributed by atoms with Crippen molar-refractivity contribution in [2.45, 2.75) is 39.8 Å². The molecule has 0 aromatic carbocycles.